The average molecular weight is 429 g/mol. The van der Waals surface area contributed by atoms with Crippen molar-refractivity contribution in [2.45, 2.75) is 90.6 Å². The predicted octanol–water partition coefficient (Wildman–Crippen LogP) is 4.58. The SMILES string of the molecule is CC(=O)C1CCC(N2CCC(CN3CCC(Cn4cc(C(C)C)cn4)CC3)CC2)CC1. The lowest BCUT2D eigenvalue weighted by Gasteiger charge is -2.42. The van der Waals surface area contributed by atoms with Crippen molar-refractivity contribution in [3.63, 3.8) is 0 Å². The van der Waals surface area contributed by atoms with Gasteiger partial charge in [-0.2, -0.15) is 5.10 Å². The Labute approximate surface area is 189 Å². The number of hydrogen-bond acceptors (Lipinski definition) is 4. The van der Waals surface area contributed by atoms with Gasteiger partial charge in [0, 0.05) is 31.2 Å². The molecule has 1 aliphatic carbocycles. The molecule has 3 fully saturated rings. The first-order chi connectivity index (χ1) is 15.0. The number of piperidine rings is 2. The van der Waals surface area contributed by atoms with Crippen LogP contribution < -0.4 is 0 Å². The third-order valence-electron chi connectivity index (χ3n) is 8.43. The zero-order valence-electron chi connectivity index (χ0n) is 20.1. The summed E-state index contributed by atoms with van der Waals surface area (Å²) in [5.74, 6) is 2.98. The van der Waals surface area contributed by atoms with Crippen LogP contribution in [-0.4, -0.2) is 64.1 Å². The van der Waals surface area contributed by atoms with Crippen molar-refractivity contribution in [1.82, 2.24) is 19.6 Å². The molecular formula is C26H44N4O. The van der Waals surface area contributed by atoms with Gasteiger partial charge in [-0.25, -0.2) is 0 Å². The van der Waals surface area contributed by atoms with E-state index in [2.05, 4.69) is 39.6 Å². The van der Waals surface area contributed by atoms with Crippen LogP contribution in [-0.2, 0) is 11.3 Å². The van der Waals surface area contributed by atoms with E-state index in [0.717, 1.165) is 37.3 Å². The fourth-order valence-electron chi connectivity index (χ4n) is 6.11. The van der Waals surface area contributed by atoms with E-state index in [-0.39, 0.29) is 0 Å². The fourth-order valence-corrected chi connectivity index (χ4v) is 6.11. The molecule has 0 atom stereocenters. The number of ketones is 1. The maximum Gasteiger partial charge on any atom is 0.132 e. The summed E-state index contributed by atoms with van der Waals surface area (Å²) in [7, 11) is 0. The minimum absolute atomic E-state index is 0.349. The van der Waals surface area contributed by atoms with E-state index < -0.39 is 0 Å². The van der Waals surface area contributed by atoms with Crippen LogP contribution >= 0.6 is 0 Å². The number of rotatable bonds is 7. The van der Waals surface area contributed by atoms with Gasteiger partial charge < -0.3 is 9.80 Å². The highest BCUT2D eigenvalue weighted by Crippen LogP contribution is 2.31. The van der Waals surface area contributed by atoms with E-state index >= 15 is 0 Å². The number of Topliss-reactive ketones (excluding diaryl/α,β-unsaturated/α-hetero) is 1. The van der Waals surface area contributed by atoms with E-state index in [0.29, 0.717) is 17.6 Å². The van der Waals surface area contributed by atoms with Crippen LogP contribution in [0.15, 0.2) is 12.4 Å². The second-order valence-electron chi connectivity index (χ2n) is 11.0. The first-order valence-electron chi connectivity index (χ1n) is 13.0. The molecule has 5 heteroatoms. The van der Waals surface area contributed by atoms with Crippen molar-refractivity contribution in [1.29, 1.82) is 0 Å². The number of nitrogens with zero attached hydrogens (tertiary/aromatic N) is 4. The lowest BCUT2D eigenvalue weighted by molar-refractivity contribution is -0.122. The Kier molecular flexibility index (Phi) is 7.86. The third-order valence-corrected chi connectivity index (χ3v) is 8.43. The number of aromatic nitrogens is 2. The monoisotopic (exact) mass is 428 g/mol. The molecule has 0 bridgehead atoms. The molecule has 3 heterocycles. The topological polar surface area (TPSA) is 41.4 Å². The quantitative estimate of drug-likeness (QED) is 0.637. The van der Waals surface area contributed by atoms with Gasteiger partial charge in [-0.3, -0.25) is 9.48 Å². The molecule has 1 saturated carbocycles. The molecule has 2 saturated heterocycles. The molecule has 3 aliphatic rings. The van der Waals surface area contributed by atoms with Crippen LogP contribution in [0.2, 0.25) is 0 Å². The molecule has 4 rings (SSSR count). The normalized spacial score (nSPS) is 27.7. The molecule has 0 unspecified atom stereocenters. The Morgan fingerprint density at radius 1 is 0.935 bits per heavy atom. The van der Waals surface area contributed by atoms with Gasteiger partial charge in [-0.05, 0) is 108 Å². The van der Waals surface area contributed by atoms with Gasteiger partial charge in [0.25, 0.3) is 0 Å². The lowest BCUT2D eigenvalue weighted by atomic mass is 9.82. The van der Waals surface area contributed by atoms with E-state index in [1.165, 1.54) is 76.8 Å². The number of hydrogen-bond donors (Lipinski definition) is 0. The van der Waals surface area contributed by atoms with Crippen LogP contribution in [0.1, 0.15) is 83.6 Å². The summed E-state index contributed by atoms with van der Waals surface area (Å²) in [6, 6.07) is 0.741. The first-order valence-corrected chi connectivity index (χ1v) is 13.0. The fraction of sp³-hybridized carbons (Fsp3) is 0.846. The minimum Gasteiger partial charge on any atom is -0.303 e. The van der Waals surface area contributed by atoms with Gasteiger partial charge in [0.2, 0.25) is 0 Å². The average Bonchev–Trinajstić information content (AvgIpc) is 3.25. The predicted molar refractivity (Wildman–Crippen MR) is 126 cm³/mol. The Hall–Kier alpha value is -1.20. The van der Waals surface area contributed by atoms with Crippen LogP contribution in [0.5, 0.6) is 0 Å². The summed E-state index contributed by atoms with van der Waals surface area (Å²) in [6.07, 6.45) is 14.3. The highest BCUT2D eigenvalue weighted by Gasteiger charge is 2.31. The van der Waals surface area contributed by atoms with Gasteiger partial charge in [0.15, 0.2) is 0 Å². The Morgan fingerprint density at radius 2 is 1.55 bits per heavy atom. The van der Waals surface area contributed by atoms with Gasteiger partial charge in [-0.15, -0.1) is 0 Å². The van der Waals surface area contributed by atoms with Crippen molar-refractivity contribution in [3.8, 4) is 0 Å². The minimum atomic E-state index is 0.349. The highest BCUT2D eigenvalue weighted by atomic mass is 16.1. The molecule has 174 valence electrons. The standard InChI is InChI=1S/C26H44N4O/c1-20(2)25-16-27-30(19-25)18-23-8-12-28(13-9-23)17-22-10-14-29(15-11-22)26-6-4-24(5-7-26)21(3)31/h16,19-20,22-24,26H,4-15,17-18H2,1-3H3. The zero-order valence-corrected chi connectivity index (χ0v) is 20.1. The molecule has 0 radical (unpaired) electrons. The van der Waals surface area contributed by atoms with Gasteiger partial charge in [0.1, 0.15) is 5.78 Å². The summed E-state index contributed by atoms with van der Waals surface area (Å²) >= 11 is 0. The van der Waals surface area contributed by atoms with Crippen LogP contribution in [0, 0.1) is 17.8 Å². The molecule has 2 aliphatic heterocycles. The second kappa shape index (κ2) is 10.6. The largest absolute Gasteiger partial charge is 0.303 e. The van der Waals surface area contributed by atoms with Gasteiger partial charge in [0.05, 0.1) is 6.20 Å². The van der Waals surface area contributed by atoms with Crippen molar-refractivity contribution in [2.75, 3.05) is 32.7 Å². The maximum atomic E-state index is 11.6. The molecular weight excluding hydrogens is 384 g/mol. The molecule has 5 nitrogen and oxygen atoms in total. The third kappa shape index (κ3) is 6.19. The van der Waals surface area contributed by atoms with E-state index in [4.69, 9.17) is 0 Å². The first kappa shape index (κ1) is 23.0. The Bertz CT molecular complexity index is 690. The van der Waals surface area contributed by atoms with Crippen LogP contribution in [0.3, 0.4) is 0 Å². The molecule has 1 aromatic rings. The summed E-state index contributed by atoms with van der Waals surface area (Å²) in [4.78, 5) is 17.1. The number of likely N-dealkylation sites (tertiary alicyclic amines) is 2. The number of carbonyl (C=O) groups excluding carboxylic acids is 1. The molecule has 0 aromatic carbocycles. The molecule has 31 heavy (non-hydrogen) atoms. The number of carbonyl (C=O) groups is 1. The Balaban J connectivity index is 1.13. The second-order valence-corrected chi connectivity index (χ2v) is 11.0. The molecule has 0 spiro atoms. The van der Waals surface area contributed by atoms with Crippen LogP contribution in [0.4, 0.5) is 0 Å². The highest BCUT2D eigenvalue weighted by molar-refractivity contribution is 5.78. The van der Waals surface area contributed by atoms with E-state index in [9.17, 15) is 4.79 Å². The summed E-state index contributed by atoms with van der Waals surface area (Å²) in [6.45, 7) is 13.7. The maximum absolute atomic E-state index is 11.6. The van der Waals surface area contributed by atoms with Crippen molar-refractivity contribution in [3.05, 3.63) is 18.0 Å². The lowest BCUT2D eigenvalue weighted by Crippen LogP contribution is -2.46. The molecule has 0 amide bonds. The zero-order chi connectivity index (χ0) is 21.8. The van der Waals surface area contributed by atoms with Crippen molar-refractivity contribution >= 4 is 5.78 Å². The van der Waals surface area contributed by atoms with Crippen LogP contribution in [0.25, 0.3) is 0 Å². The summed E-state index contributed by atoms with van der Waals surface area (Å²) in [5.41, 5.74) is 1.36. The van der Waals surface area contributed by atoms with Gasteiger partial charge in [-0.1, -0.05) is 13.8 Å². The van der Waals surface area contributed by atoms with Crippen molar-refractivity contribution < 1.29 is 4.79 Å². The van der Waals surface area contributed by atoms with E-state index in [1.54, 1.807) is 6.92 Å². The Morgan fingerprint density at radius 3 is 2.13 bits per heavy atom. The van der Waals surface area contributed by atoms with Crippen molar-refractivity contribution in [2.24, 2.45) is 17.8 Å². The van der Waals surface area contributed by atoms with Gasteiger partial charge >= 0.3 is 0 Å². The molecule has 0 N–H and O–H groups in total. The smallest absolute Gasteiger partial charge is 0.132 e. The van der Waals surface area contributed by atoms with E-state index in [1.807, 2.05) is 6.20 Å². The summed E-state index contributed by atoms with van der Waals surface area (Å²) < 4.78 is 2.18. The summed E-state index contributed by atoms with van der Waals surface area (Å²) in [5, 5.41) is 4.58. The molecule has 1 aromatic heterocycles.